The molecule has 0 aliphatic heterocycles. The van der Waals surface area contributed by atoms with Gasteiger partial charge in [0, 0.05) is 40.5 Å². The fourth-order valence-corrected chi connectivity index (χ4v) is 4.19. The SMILES string of the molecule is O=C(O)c1ccc(NC(=O)[C@@H](Cc2ccc(Cl)cc2)n2ccc(-c3cc(Cl)ccc3[N+](=O)[O-])cc2=O)cc1. The van der Waals surface area contributed by atoms with Crippen LogP contribution in [0.25, 0.3) is 11.1 Å². The van der Waals surface area contributed by atoms with Gasteiger partial charge in [-0.05, 0) is 65.7 Å². The number of nitrogens with zero attached hydrogens (tertiary/aromatic N) is 2. The van der Waals surface area contributed by atoms with Crippen molar-refractivity contribution in [3.8, 4) is 11.1 Å². The van der Waals surface area contributed by atoms with Crippen LogP contribution in [0.4, 0.5) is 11.4 Å². The zero-order valence-corrected chi connectivity index (χ0v) is 21.0. The number of carbonyl (C=O) groups excluding carboxylic acids is 1. The Hall–Kier alpha value is -4.47. The summed E-state index contributed by atoms with van der Waals surface area (Å²) in [5.74, 6) is -1.62. The van der Waals surface area contributed by atoms with Crippen LogP contribution in [0.1, 0.15) is 22.0 Å². The molecule has 0 fully saturated rings. The molecule has 0 unspecified atom stereocenters. The molecule has 0 bridgehead atoms. The van der Waals surface area contributed by atoms with E-state index in [1.165, 1.54) is 65.4 Å². The van der Waals surface area contributed by atoms with Crippen LogP contribution in [0.3, 0.4) is 0 Å². The van der Waals surface area contributed by atoms with Crippen molar-refractivity contribution in [1.82, 2.24) is 4.57 Å². The van der Waals surface area contributed by atoms with E-state index < -0.39 is 28.4 Å². The van der Waals surface area contributed by atoms with Crippen LogP contribution in [-0.4, -0.2) is 26.5 Å². The van der Waals surface area contributed by atoms with Crippen molar-refractivity contribution >= 4 is 46.5 Å². The molecular weight excluding hydrogens is 533 g/mol. The minimum Gasteiger partial charge on any atom is -0.478 e. The Kier molecular flexibility index (Phi) is 7.90. The molecule has 11 heteroatoms. The molecule has 38 heavy (non-hydrogen) atoms. The van der Waals surface area contributed by atoms with Crippen molar-refractivity contribution in [2.75, 3.05) is 5.32 Å². The average Bonchev–Trinajstić information content (AvgIpc) is 2.88. The number of rotatable bonds is 8. The van der Waals surface area contributed by atoms with Crippen LogP contribution >= 0.6 is 23.2 Å². The number of nitro benzene ring substituents is 1. The van der Waals surface area contributed by atoms with Gasteiger partial charge < -0.3 is 15.0 Å². The first-order valence-electron chi connectivity index (χ1n) is 11.2. The smallest absolute Gasteiger partial charge is 0.335 e. The molecule has 192 valence electrons. The summed E-state index contributed by atoms with van der Waals surface area (Å²) in [5.41, 5.74) is 0.804. The van der Waals surface area contributed by atoms with E-state index in [0.717, 1.165) is 5.56 Å². The molecule has 4 aromatic rings. The topological polar surface area (TPSA) is 132 Å². The molecule has 2 N–H and O–H groups in total. The second-order valence-corrected chi connectivity index (χ2v) is 9.17. The Bertz CT molecular complexity index is 1580. The number of carboxylic acid groups (broad SMARTS) is 1. The highest BCUT2D eigenvalue weighted by molar-refractivity contribution is 6.31. The molecule has 0 aliphatic rings. The first-order valence-corrected chi connectivity index (χ1v) is 11.9. The van der Waals surface area contributed by atoms with Crippen molar-refractivity contribution in [2.24, 2.45) is 0 Å². The summed E-state index contributed by atoms with van der Waals surface area (Å²) in [6, 6.07) is 18.2. The summed E-state index contributed by atoms with van der Waals surface area (Å²) in [6.07, 6.45) is 1.53. The number of anilines is 1. The Morgan fingerprint density at radius 2 is 1.61 bits per heavy atom. The standard InChI is InChI=1S/C27H19Cl2N3O6/c28-19-5-1-16(2-6-19)13-24(26(34)30-21-8-3-17(4-9-21)27(35)36)31-12-11-18(14-25(31)33)22-15-20(29)7-10-23(22)32(37)38/h1-12,14-15,24H,13H2,(H,30,34)(H,35,36)/t24-/m1/s1. The summed E-state index contributed by atoms with van der Waals surface area (Å²) in [6.45, 7) is 0. The zero-order chi connectivity index (χ0) is 27.4. The van der Waals surface area contributed by atoms with Crippen LogP contribution in [0.15, 0.2) is 89.9 Å². The summed E-state index contributed by atoms with van der Waals surface area (Å²) >= 11 is 12.0. The number of aromatic carboxylic acids is 1. The van der Waals surface area contributed by atoms with Gasteiger partial charge in [0.25, 0.3) is 11.2 Å². The Balaban J connectivity index is 1.71. The number of nitrogens with one attached hydrogen (secondary N) is 1. The predicted molar refractivity (Wildman–Crippen MR) is 144 cm³/mol. The van der Waals surface area contributed by atoms with E-state index in [2.05, 4.69) is 5.32 Å². The summed E-state index contributed by atoms with van der Waals surface area (Å²) < 4.78 is 1.23. The van der Waals surface area contributed by atoms with E-state index in [-0.39, 0.29) is 33.8 Å². The fourth-order valence-electron chi connectivity index (χ4n) is 3.90. The van der Waals surface area contributed by atoms with E-state index in [0.29, 0.717) is 10.7 Å². The quantitative estimate of drug-likeness (QED) is 0.208. The number of benzene rings is 3. The number of carboxylic acids is 1. The normalized spacial score (nSPS) is 11.5. The lowest BCUT2D eigenvalue weighted by atomic mass is 10.0. The molecule has 1 amide bonds. The monoisotopic (exact) mass is 551 g/mol. The lowest BCUT2D eigenvalue weighted by Gasteiger charge is -2.20. The van der Waals surface area contributed by atoms with E-state index in [1.807, 2.05) is 0 Å². The molecule has 1 atom stereocenters. The van der Waals surface area contributed by atoms with E-state index in [4.69, 9.17) is 28.3 Å². The Morgan fingerprint density at radius 1 is 0.947 bits per heavy atom. The van der Waals surface area contributed by atoms with Gasteiger partial charge in [-0.3, -0.25) is 19.7 Å². The first-order chi connectivity index (χ1) is 18.1. The molecule has 9 nitrogen and oxygen atoms in total. The number of pyridine rings is 1. The van der Waals surface area contributed by atoms with Gasteiger partial charge in [-0.25, -0.2) is 4.79 Å². The highest BCUT2D eigenvalue weighted by Crippen LogP contribution is 2.32. The molecule has 1 heterocycles. The van der Waals surface area contributed by atoms with Gasteiger partial charge in [0.2, 0.25) is 5.91 Å². The summed E-state index contributed by atoms with van der Waals surface area (Å²) in [4.78, 5) is 48.7. The minimum atomic E-state index is -1.10. The largest absolute Gasteiger partial charge is 0.478 e. The highest BCUT2D eigenvalue weighted by Gasteiger charge is 2.24. The first kappa shape index (κ1) is 26.6. The number of aromatic nitrogens is 1. The fraction of sp³-hybridized carbons (Fsp3) is 0.0741. The second-order valence-electron chi connectivity index (χ2n) is 8.30. The molecule has 0 saturated heterocycles. The summed E-state index contributed by atoms with van der Waals surface area (Å²) in [7, 11) is 0. The number of amides is 1. The van der Waals surface area contributed by atoms with Crippen LogP contribution in [0.2, 0.25) is 10.0 Å². The highest BCUT2D eigenvalue weighted by atomic mass is 35.5. The Morgan fingerprint density at radius 3 is 2.21 bits per heavy atom. The lowest BCUT2D eigenvalue weighted by Crippen LogP contribution is -2.34. The maximum Gasteiger partial charge on any atom is 0.335 e. The summed E-state index contributed by atoms with van der Waals surface area (Å²) in [5, 5.41) is 24.1. The third-order valence-electron chi connectivity index (χ3n) is 5.79. The van der Waals surface area contributed by atoms with Gasteiger partial charge in [0.1, 0.15) is 6.04 Å². The molecule has 0 radical (unpaired) electrons. The van der Waals surface area contributed by atoms with Crippen molar-refractivity contribution < 1.29 is 19.6 Å². The van der Waals surface area contributed by atoms with Gasteiger partial charge in [-0.1, -0.05) is 35.3 Å². The van der Waals surface area contributed by atoms with Crippen LogP contribution in [0.5, 0.6) is 0 Å². The molecule has 1 aromatic heterocycles. The van der Waals surface area contributed by atoms with Crippen LogP contribution in [-0.2, 0) is 11.2 Å². The molecule has 0 aliphatic carbocycles. The van der Waals surface area contributed by atoms with Gasteiger partial charge in [0.15, 0.2) is 0 Å². The third-order valence-corrected chi connectivity index (χ3v) is 6.28. The van der Waals surface area contributed by atoms with Gasteiger partial charge in [0.05, 0.1) is 16.1 Å². The van der Waals surface area contributed by atoms with Crippen molar-refractivity contribution in [3.05, 3.63) is 127 Å². The van der Waals surface area contributed by atoms with E-state index in [1.54, 1.807) is 24.3 Å². The second kappa shape index (κ2) is 11.3. The zero-order valence-electron chi connectivity index (χ0n) is 19.5. The lowest BCUT2D eigenvalue weighted by molar-refractivity contribution is -0.384. The predicted octanol–water partition coefficient (Wildman–Crippen LogP) is 5.85. The van der Waals surface area contributed by atoms with E-state index in [9.17, 15) is 24.5 Å². The maximum atomic E-state index is 13.4. The van der Waals surface area contributed by atoms with Gasteiger partial charge in [-0.2, -0.15) is 0 Å². The molecule has 3 aromatic carbocycles. The van der Waals surface area contributed by atoms with Gasteiger partial charge >= 0.3 is 5.97 Å². The average molecular weight is 552 g/mol. The minimum absolute atomic E-state index is 0.0580. The van der Waals surface area contributed by atoms with Crippen molar-refractivity contribution in [1.29, 1.82) is 0 Å². The number of hydrogen-bond donors (Lipinski definition) is 2. The number of hydrogen-bond acceptors (Lipinski definition) is 5. The van der Waals surface area contributed by atoms with Crippen molar-refractivity contribution in [3.63, 3.8) is 0 Å². The van der Waals surface area contributed by atoms with Crippen LogP contribution < -0.4 is 10.9 Å². The molecule has 0 saturated carbocycles. The third kappa shape index (κ3) is 6.08. The number of halogens is 2. The molecule has 0 spiro atoms. The van der Waals surface area contributed by atoms with Crippen molar-refractivity contribution in [2.45, 2.75) is 12.5 Å². The Labute approximate surface area is 226 Å². The van der Waals surface area contributed by atoms with E-state index >= 15 is 0 Å². The maximum absolute atomic E-state index is 13.4. The molecular formula is C27H19Cl2N3O6. The molecule has 4 rings (SSSR count). The van der Waals surface area contributed by atoms with Crippen LogP contribution in [0, 0.1) is 10.1 Å². The van der Waals surface area contributed by atoms with Gasteiger partial charge in [-0.15, -0.1) is 0 Å². The number of carbonyl (C=O) groups is 2. The number of nitro groups is 1.